The molecule has 2 N–H and O–H groups in total. The standard InChI is InChI=1S/C34H25N3O4/c1-21(22-11-14-25(15-12-22)34(40)41)36-33(39)30-19-28(23-7-3-2-4-8-23)18-29-20-35-32(37(29)30)31(38)27-16-13-24-9-5-6-10-26(24)17-27/h2-21H,1H3,(H,36,39)(H,40,41)/t21-/m0/s1. The topological polar surface area (TPSA) is 101 Å². The smallest absolute Gasteiger partial charge is 0.335 e. The molecule has 2 aromatic heterocycles. The number of imidazole rings is 1. The third-order valence-electron chi connectivity index (χ3n) is 7.19. The van der Waals surface area contributed by atoms with Gasteiger partial charge in [-0.25, -0.2) is 9.78 Å². The molecule has 41 heavy (non-hydrogen) atoms. The van der Waals surface area contributed by atoms with Crippen LogP contribution in [0, 0.1) is 0 Å². The molecular weight excluding hydrogens is 514 g/mol. The van der Waals surface area contributed by atoms with E-state index in [2.05, 4.69) is 10.3 Å². The lowest BCUT2D eigenvalue weighted by Gasteiger charge is -2.17. The lowest BCUT2D eigenvalue weighted by Crippen LogP contribution is -2.29. The summed E-state index contributed by atoms with van der Waals surface area (Å²) in [5, 5.41) is 14.2. The Bertz CT molecular complexity index is 1940. The van der Waals surface area contributed by atoms with Gasteiger partial charge in [-0.2, -0.15) is 0 Å². The van der Waals surface area contributed by atoms with Gasteiger partial charge in [-0.1, -0.05) is 78.9 Å². The number of carbonyl (C=O) groups is 3. The van der Waals surface area contributed by atoms with Crippen molar-refractivity contribution in [3.05, 3.63) is 144 Å². The number of pyridine rings is 1. The van der Waals surface area contributed by atoms with E-state index in [-0.39, 0.29) is 22.9 Å². The van der Waals surface area contributed by atoms with Crippen molar-refractivity contribution >= 4 is 33.9 Å². The van der Waals surface area contributed by atoms with Crippen molar-refractivity contribution < 1.29 is 19.5 Å². The average Bonchev–Trinajstić information content (AvgIpc) is 3.44. The van der Waals surface area contributed by atoms with Gasteiger partial charge in [0.1, 0.15) is 5.69 Å². The Hall–Kier alpha value is -5.56. The zero-order valence-electron chi connectivity index (χ0n) is 22.1. The van der Waals surface area contributed by atoms with Crippen LogP contribution < -0.4 is 5.32 Å². The van der Waals surface area contributed by atoms with Crippen LogP contribution in [0.5, 0.6) is 0 Å². The number of aromatic nitrogens is 2. The summed E-state index contributed by atoms with van der Waals surface area (Å²) >= 11 is 0. The molecule has 2 heterocycles. The predicted molar refractivity (Wildman–Crippen MR) is 157 cm³/mol. The van der Waals surface area contributed by atoms with Gasteiger partial charge in [-0.15, -0.1) is 0 Å². The van der Waals surface area contributed by atoms with Crippen molar-refractivity contribution in [3.63, 3.8) is 0 Å². The average molecular weight is 540 g/mol. The maximum atomic E-state index is 13.8. The van der Waals surface area contributed by atoms with Gasteiger partial charge < -0.3 is 10.4 Å². The Morgan fingerprint density at radius 3 is 2.17 bits per heavy atom. The maximum absolute atomic E-state index is 13.8. The van der Waals surface area contributed by atoms with Crippen molar-refractivity contribution in [1.82, 2.24) is 14.7 Å². The summed E-state index contributed by atoms with van der Waals surface area (Å²) in [5.74, 6) is -1.57. The highest BCUT2D eigenvalue weighted by Gasteiger charge is 2.23. The Morgan fingerprint density at radius 2 is 1.44 bits per heavy atom. The van der Waals surface area contributed by atoms with Gasteiger partial charge in [0.2, 0.25) is 5.78 Å². The quantitative estimate of drug-likeness (QED) is 0.223. The zero-order valence-corrected chi connectivity index (χ0v) is 22.1. The molecule has 0 fully saturated rings. The highest BCUT2D eigenvalue weighted by Crippen LogP contribution is 2.26. The minimum Gasteiger partial charge on any atom is -0.478 e. The van der Waals surface area contributed by atoms with E-state index in [0.717, 1.165) is 27.5 Å². The molecule has 0 aliphatic heterocycles. The third-order valence-corrected chi connectivity index (χ3v) is 7.19. The fraction of sp³-hybridized carbons (Fsp3) is 0.0588. The first-order chi connectivity index (χ1) is 19.9. The molecule has 0 aliphatic carbocycles. The van der Waals surface area contributed by atoms with E-state index >= 15 is 0 Å². The second-order valence-electron chi connectivity index (χ2n) is 9.85. The first-order valence-electron chi connectivity index (χ1n) is 13.1. The van der Waals surface area contributed by atoms with E-state index < -0.39 is 17.9 Å². The van der Waals surface area contributed by atoms with E-state index in [0.29, 0.717) is 11.1 Å². The van der Waals surface area contributed by atoms with Gasteiger partial charge in [-0.3, -0.25) is 14.0 Å². The molecule has 0 radical (unpaired) electrons. The van der Waals surface area contributed by atoms with Crippen molar-refractivity contribution in [2.75, 3.05) is 0 Å². The first-order valence-corrected chi connectivity index (χ1v) is 13.1. The van der Waals surface area contributed by atoms with Crippen LogP contribution in [0.25, 0.3) is 27.4 Å². The molecule has 6 aromatic rings. The van der Waals surface area contributed by atoms with E-state index in [1.54, 1.807) is 34.9 Å². The van der Waals surface area contributed by atoms with Crippen LogP contribution in [-0.2, 0) is 0 Å². The summed E-state index contributed by atoms with van der Waals surface area (Å²) in [6, 6.07) is 32.6. The van der Waals surface area contributed by atoms with Crippen molar-refractivity contribution in [1.29, 1.82) is 0 Å². The van der Waals surface area contributed by atoms with Crippen molar-refractivity contribution in [2.45, 2.75) is 13.0 Å². The van der Waals surface area contributed by atoms with Crippen LogP contribution in [-0.4, -0.2) is 32.2 Å². The first kappa shape index (κ1) is 25.7. The van der Waals surface area contributed by atoms with Crippen LogP contribution >= 0.6 is 0 Å². The van der Waals surface area contributed by atoms with Gasteiger partial charge in [0.05, 0.1) is 23.3 Å². The van der Waals surface area contributed by atoms with Crippen molar-refractivity contribution in [3.8, 4) is 11.1 Å². The van der Waals surface area contributed by atoms with Crippen LogP contribution in [0.1, 0.15) is 55.6 Å². The second-order valence-corrected chi connectivity index (χ2v) is 9.85. The van der Waals surface area contributed by atoms with Crippen molar-refractivity contribution in [2.24, 2.45) is 0 Å². The van der Waals surface area contributed by atoms with Gasteiger partial charge in [0, 0.05) is 5.56 Å². The van der Waals surface area contributed by atoms with Crippen LogP contribution in [0.2, 0.25) is 0 Å². The Kier molecular flexibility index (Phi) is 6.61. The van der Waals surface area contributed by atoms with Crippen LogP contribution in [0.4, 0.5) is 0 Å². The number of carboxylic acid groups (broad SMARTS) is 1. The van der Waals surface area contributed by atoms with Gasteiger partial charge >= 0.3 is 5.97 Å². The predicted octanol–water partition coefficient (Wildman–Crippen LogP) is 6.57. The molecule has 0 aliphatic rings. The molecular formula is C34H25N3O4. The molecule has 200 valence electrons. The maximum Gasteiger partial charge on any atom is 0.335 e. The number of carbonyl (C=O) groups excluding carboxylic acids is 2. The highest BCUT2D eigenvalue weighted by molar-refractivity contribution is 6.10. The number of nitrogens with one attached hydrogen (secondary N) is 1. The number of fused-ring (bicyclic) bond motifs is 2. The minimum atomic E-state index is -1.02. The number of aromatic carboxylic acids is 1. The van der Waals surface area contributed by atoms with E-state index in [4.69, 9.17) is 0 Å². The Morgan fingerprint density at radius 1 is 0.756 bits per heavy atom. The van der Waals surface area contributed by atoms with E-state index in [1.165, 1.54) is 12.1 Å². The molecule has 1 amide bonds. The zero-order chi connectivity index (χ0) is 28.5. The molecule has 6 rings (SSSR count). The summed E-state index contributed by atoms with van der Waals surface area (Å²) < 4.78 is 1.60. The van der Waals surface area contributed by atoms with E-state index in [9.17, 15) is 19.5 Å². The molecule has 4 aromatic carbocycles. The molecule has 0 spiro atoms. The fourth-order valence-corrected chi connectivity index (χ4v) is 4.99. The second kappa shape index (κ2) is 10.5. The summed E-state index contributed by atoms with van der Waals surface area (Å²) in [7, 11) is 0. The number of benzene rings is 4. The fourth-order valence-electron chi connectivity index (χ4n) is 4.99. The summed E-state index contributed by atoms with van der Waals surface area (Å²) in [6.07, 6.45) is 1.60. The molecule has 7 heteroatoms. The van der Waals surface area contributed by atoms with Gasteiger partial charge in [-0.05, 0) is 64.7 Å². The number of nitrogens with zero attached hydrogens (tertiary/aromatic N) is 2. The van der Waals surface area contributed by atoms with Gasteiger partial charge in [0.25, 0.3) is 5.91 Å². The molecule has 7 nitrogen and oxygen atoms in total. The minimum absolute atomic E-state index is 0.138. The van der Waals surface area contributed by atoms with Gasteiger partial charge in [0.15, 0.2) is 5.82 Å². The third kappa shape index (κ3) is 4.96. The molecule has 0 saturated carbocycles. The number of hydrogen-bond acceptors (Lipinski definition) is 4. The Balaban J connectivity index is 1.42. The molecule has 0 saturated heterocycles. The number of rotatable bonds is 7. The Labute approximate surface area is 235 Å². The summed E-state index contributed by atoms with van der Waals surface area (Å²) in [6.45, 7) is 1.82. The number of amides is 1. The molecule has 0 bridgehead atoms. The summed E-state index contributed by atoms with van der Waals surface area (Å²) in [5.41, 5.74) is 3.99. The number of carboxylic acids is 1. The number of hydrogen-bond donors (Lipinski definition) is 2. The summed E-state index contributed by atoms with van der Waals surface area (Å²) in [4.78, 5) is 43.3. The molecule has 1 atom stereocenters. The SMILES string of the molecule is C[C@H](NC(=O)c1cc(-c2ccccc2)cc2cnc(C(=O)c3ccc4ccccc4c3)n12)c1ccc(C(=O)O)cc1. The monoisotopic (exact) mass is 539 g/mol. The molecule has 0 unspecified atom stereocenters. The van der Waals surface area contributed by atoms with Crippen LogP contribution in [0.15, 0.2) is 115 Å². The van der Waals surface area contributed by atoms with Crippen LogP contribution in [0.3, 0.4) is 0 Å². The normalized spacial score (nSPS) is 11.8. The highest BCUT2D eigenvalue weighted by atomic mass is 16.4. The lowest BCUT2D eigenvalue weighted by molar-refractivity contribution is 0.0696. The van der Waals surface area contributed by atoms with E-state index in [1.807, 2.05) is 79.7 Å². The lowest BCUT2D eigenvalue weighted by atomic mass is 10.0. The number of ketones is 1. The largest absolute Gasteiger partial charge is 0.478 e.